The number of amides is 2. The number of alkyl carbamates (subject to hydrolysis) is 1. The molecular weight excluding hydrogens is 425 g/mol. The number of halogens is 3. The van der Waals surface area contributed by atoms with Gasteiger partial charge in [0.15, 0.2) is 0 Å². The van der Waals surface area contributed by atoms with E-state index in [0.717, 1.165) is 24.6 Å². The minimum Gasteiger partial charge on any atom is -0.444 e. The maximum absolute atomic E-state index is 12.8. The van der Waals surface area contributed by atoms with Crippen LogP contribution in [-0.2, 0) is 19.4 Å². The molecule has 3 rings (SSSR count). The molecule has 1 aromatic carbocycles. The first-order chi connectivity index (χ1) is 13.7. The molecule has 2 amide bonds. The van der Waals surface area contributed by atoms with Gasteiger partial charge in [-0.15, -0.1) is 0 Å². The van der Waals surface area contributed by atoms with Crippen molar-refractivity contribution in [2.45, 2.75) is 55.7 Å². The minimum atomic E-state index is -5.52. The molecule has 7 nitrogen and oxygen atoms in total. The number of hydrogen-bond donors (Lipinski definition) is 2. The van der Waals surface area contributed by atoms with E-state index in [1.807, 2.05) is 0 Å². The molecule has 1 unspecified atom stereocenters. The van der Waals surface area contributed by atoms with Crippen LogP contribution in [0.2, 0.25) is 0 Å². The molecule has 0 aromatic heterocycles. The van der Waals surface area contributed by atoms with Crippen molar-refractivity contribution in [2.24, 2.45) is 17.8 Å². The van der Waals surface area contributed by atoms with Crippen LogP contribution < -0.4 is 10.6 Å². The Hall–Kier alpha value is -2.30. The molecule has 1 aromatic rings. The van der Waals surface area contributed by atoms with Gasteiger partial charge in [-0.25, -0.2) is 13.2 Å². The summed E-state index contributed by atoms with van der Waals surface area (Å²) in [5.74, 6) is -0.656. The molecule has 0 bridgehead atoms. The summed E-state index contributed by atoms with van der Waals surface area (Å²) in [7, 11) is -5.52. The lowest BCUT2D eigenvalue weighted by atomic mass is 9.97. The summed E-state index contributed by atoms with van der Waals surface area (Å²) in [4.78, 5) is 23.9. The Morgan fingerprint density at radius 3 is 2.40 bits per heavy atom. The van der Waals surface area contributed by atoms with Gasteiger partial charge in [0.1, 0.15) is 5.60 Å². The standard InChI is InChI=1S/C19H23F3N2O5S/c1-18(2,3)29-17(26)24-15-13-7-10(13)8-14(15)16(25)23-11-5-4-6-12(9-11)30(27,28)19(20,21)22/h4-6,9-10,13-15H,7-8H2,1-3H3,(H,23,25)(H,24,26)/t10-,13-,14?,15+/m0/s1. The van der Waals surface area contributed by atoms with Gasteiger partial charge in [0.2, 0.25) is 5.91 Å². The van der Waals surface area contributed by atoms with Crippen LogP contribution in [0.4, 0.5) is 23.7 Å². The maximum atomic E-state index is 12.8. The van der Waals surface area contributed by atoms with Crippen molar-refractivity contribution in [3.63, 3.8) is 0 Å². The molecule has 2 aliphatic carbocycles. The van der Waals surface area contributed by atoms with Crippen LogP contribution in [0.5, 0.6) is 0 Å². The summed E-state index contributed by atoms with van der Waals surface area (Å²) in [5.41, 5.74) is -6.21. The molecule has 0 spiro atoms. The lowest BCUT2D eigenvalue weighted by molar-refractivity contribution is -0.120. The van der Waals surface area contributed by atoms with Crippen LogP contribution in [0.1, 0.15) is 33.6 Å². The molecule has 0 saturated heterocycles. The molecular formula is C19H23F3N2O5S. The number of fused-ring (bicyclic) bond motifs is 1. The summed E-state index contributed by atoms with van der Waals surface area (Å²) in [6, 6.07) is 3.56. The summed E-state index contributed by atoms with van der Waals surface area (Å²) < 4.78 is 66.7. The lowest BCUT2D eigenvalue weighted by Gasteiger charge is -2.26. The Morgan fingerprint density at radius 1 is 1.13 bits per heavy atom. The Labute approximate surface area is 172 Å². The van der Waals surface area contributed by atoms with Gasteiger partial charge >= 0.3 is 11.6 Å². The zero-order valence-corrected chi connectivity index (χ0v) is 17.4. The largest absolute Gasteiger partial charge is 0.501 e. The number of rotatable bonds is 4. The highest BCUT2D eigenvalue weighted by Crippen LogP contribution is 2.54. The molecule has 0 aliphatic heterocycles. The fraction of sp³-hybridized carbons (Fsp3) is 0.579. The molecule has 2 N–H and O–H groups in total. The number of hydrogen-bond acceptors (Lipinski definition) is 5. The van der Waals surface area contributed by atoms with Crippen LogP contribution in [0.15, 0.2) is 29.2 Å². The average molecular weight is 448 g/mol. The molecule has 2 aliphatic rings. The molecule has 4 atom stereocenters. The molecule has 11 heteroatoms. The second kappa shape index (κ2) is 7.44. The van der Waals surface area contributed by atoms with Gasteiger partial charge in [0, 0.05) is 11.7 Å². The van der Waals surface area contributed by atoms with Crippen molar-refractivity contribution in [1.29, 1.82) is 0 Å². The lowest BCUT2D eigenvalue weighted by Crippen LogP contribution is -2.46. The topological polar surface area (TPSA) is 102 Å². The Morgan fingerprint density at radius 2 is 1.80 bits per heavy atom. The van der Waals surface area contributed by atoms with Crippen LogP contribution in [0, 0.1) is 17.8 Å². The van der Waals surface area contributed by atoms with Gasteiger partial charge in [0.25, 0.3) is 9.84 Å². The van der Waals surface area contributed by atoms with Gasteiger partial charge in [-0.05, 0) is 63.6 Å². The smallest absolute Gasteiger partial charge is 0.444 e. The highest BCUT2D eigenvalue weighted by molar-refractivity contribution is 7.92. The second-order valence-electron chi connectivity index (χ2n) is 8.64. The fourth-order valence-corrected chi connectivity index (χ4v) is 4.59. The SMILES string of the molecule is CC(C)(C)OC(=O)N[C@H]1C(C(=O)Nc2cccc(S(=O)(=O)C(F)(F)F)c2)C[C@@H]2C[C@@H]21. The third-order valence-electron chi connectivity index (χ3n) is 5.17. The number of nitrogens with one attached hydrogen (secondary N) is 2. The number of carbonyl (C=O) groups excluding carboxylic acids is 2. The van der Waals surface area contributed by atoms with Crippen molar-refractivity contribution in [2.75, 3.05) is 5.32 Å². The van der Waals surface area contributed by atoms with E-state index in [9.17, 15) is 31.2 Å². The van der Waals surface area contributed by atoms with Gasteiger partial charge < -0.3 is 15.4 Å². The summed E-state index contributed by atoms with van der Waals surface area (Å²) in [6.45, 7) is 5.15. The van der Waals surface area contributed by atoms with Gasteiger partial charge in [0.05, 0.1) is 10.8 Å². The highest BCUT2D eigenvalue weighted by atomic mass is 32.2. The van der Waals surface area contributed by atoms with E-state index in [-0.39, 0.29) is 17.5 Å². The molecule has 2 saturated carbocycles. The first-order valence-electron chi connectivity index (χ1n) is 9.41. The number of sulfone groups is 1. The number of anilines is 1. The van der Waals surface area contributed by atoms with Crippen LogP contribution in [0.25, 0.3) is 0 Å². The second-order valence-corrected chi connectivity index (χ2v) is 10.6. The van der Waals surface area contributed by atoms with Crippen molar-refractivity contribution in [3.05, 3.63) is 24.3 Å². The number of alkyl halides is 3. The van der Waals surface area contributed by atoms with E-state index in [0.29, 0.717) is 6.42 Å². The van der Waals surface area contributed by atoms with Crippen molar-refractivity contribution in [1.82, 2.24) is 5.32 Å². The monoisotopic (exact) mass is 448 g/mol. The van der Waals surface area contributed by atoms with E-state index in [1.165, 1.54) is 6.07 Å². The molecule has 0 radical (unpaired) electrons. The maximum Gasteiger partial charge on any atom is 0.501 e. The summed E-state index contributed by atoms with van der Waals surface area (Å²) in [5, 5.41) is 5.21. The molecule has 0 heterocycles. The van der Waals surface area contributed by atoms with Crippen LogP contribution in [0.3, 0.4) is 0 Å². The summed E-state index contributed by atoms with van der Waals surface area (Å²) >= 11 is 0. The summed E-state index contributed by atoms with van der Waals surface area (Å²) in [6.07, 6.45) is 0.761. The Balaban J connectivity index is 1.71. The van der Waals surface area contributed by atoms with E-state index >= 15 is 0 Å². The van der Waals surface area contributed by atoms with E-state index in [1.54, 1.807) is 20.8 Å². The molecule has 2 fully saturated rings. The first-order valence-corrected chi connectivity index (χ1v) is 10.9. The predicted molar refractivity (Wildman–Crippen MR) is 101 cm³/mol. The third kappa shape index (κ3) is 4.71. The van der Waals surface area contributed by atoms with Crippen molar-refractivity contribution >= 4 is 27.5 Å². The molecule has 30 heavy (non-hydrogen) atoms. The van der Waals surface area contributed by atoms with E-state index < -0.39 is 49.8 Å². The van der Waals surface area contributed by atoms with Gasteiger partial charge in [-0.3, -0.25) is 4.79 Å². The predicted octanol–water partition coefficient (Wildman–Crippen LogP) is 3.47. The Bertz CT molecular complexity index is 956. The number of carbonyl (C=O) groups is 2. The van der Waals surface area contributed by atoms with E-state index in [4.69, 9.17) is 4.74 Å². The zero-order valence-electron chi connectivity index (χ0n) is 16.6. The average Bonchev–Trinajstić information content (AvgIpc) is 3.27. The van der Waals surface area contributed by atoms with Crippen LogP contribution in [-0.4, -0.2) is 37.6 Å². The fourth-order valence-electron chi connectivity index (χ4n) is 3.78. The van der Waals surface area contributed by atoms with Gasteiger partial charge in [-0.1, -0.05) is 6.07 Å². The third-order valence-corrected chi connectivity index (χ3v) is 6.65. The Kier molecular flexibility index (Phi) is 5.55. The minimum absolute atomic E-state index is 0.0677. The quantitative estimate of drug-likeness (QED) is 0.735. The first kappa shape index (κ1) is 22.4. The van der Waals surface area contributed by atoms with Crippen LogP contribution >= 0.6 is 0 Å². The number of ether oxygens (including phenoxy) is 1. The van der Waals surface area contributed by atoms with Crippen molar-refractivity contribution < 1.29 is 35.9 Å². The van der Waals surface area contributed by atoms with Gasteiger partial charge in [-0.2, -0.15) is 13.2 Å². The highest BCUT2D eigenvalue weighted by Gasteiger charge is 2.56. The normalized spacial score (nSPS) is 25.9. The molecule has 166 valence electrons. The number of benzene rings is 1. The zero-order chi connectivity index (χ0) is 22.5. The van der Waals surface area contributed by atoms with Crippen molar-refractivity contribution in [3.8, 4) is 0 Å². The van der Waals surface area contributed by atoms with E-state index in [2.05, 4.69) is 10.6 Å².